The van der Waals surface area contributed by atoms with Crippen LogP contribution >= 0.6 is 12.2 Å². The Morgan fingerprint density at radius 2 is 2.00 bits per heavy atom. The molecule has 0 aromatic heterocycles. The van der Waals surface area contributed by atoms with E-state index in [0.717, 1.165) is 0 Å². The van der Waals surface area contributed by atoms with Crippen molar-refractivity contribution in [2.45, 2.75) is 0 Å². The molecule has 0 aliphatic carbocycles. The Morgan fingerprint density at radius 1 is 1.28 bits per heavy atom. The molecule has 0 atom stereocenters. The molecule has 1 aliphatic heterocycles. The van der Waals surface area contributed by atoms with Crippen LogP contribution in [0.25, 0.3) is 0 Å². The molecule has 0 spiro atoms. The molecular weight excluding hydrogens is 272 g/mol. The average Bonchev–Trinajstić information content (AvgIpc) is 2.61. The van der Waals surface area contributed by atoms with Crippen LogP contribution in [0.1, 0.15) is 0 Å². The van der Waals surface area contributed by atoms with Gasteiger partial charge in [-0.3, -0.25) is 0 Å². The first-order chi connectivity index (χ1) is 8.46. The van der Waals surface area contributed by atoms with Gasteiger partial charge in [0.1, 0.15) is 5.75 Å². The highest BCUT2D eigenvalue weighted by Gasteiger charge is 2.20. The third-order valence-electron chi connectivity index (χ3n) is 2.39. The normalized spacial score (nSPS) is 17.0. The van der Waals surface area contributed by atoms with Crippen LogP contribution in [0.4, 0.5) is 5.69 Å². The Bertz CT molecular complexity index is 608. The summed E-state index contributed by atoms with van der Waals surface area (Å²) in [5.74, 6) is 0.0825. The molecular formula is C11H12N2O3S2. The lowest BCUT2D eigenvalue weighted by molar-refractivity contribution is 0.478. The van der Waals surface area contributed by atoms with Crippen LogP contribution in [-0.2, 0) is 9.84 Å². The highest BCUT2D eigenvalue weighted by atomic mass is 32.2. The molecule has 18 heavy (non-hydrogen) atoms. The summed E-state index contributed by atoms with van der Waals surface area (Å²) in [7, 11) is -3.01. The summed E-state index contributed by atoms with van der Waals surface area (Å²) in [5.41, 5.74) is 1.03. The molecule has 1 heterocycles. The molecule has 2 rings (SSSR count). The number of benzene rings is 1. The molecule has 7 heteroatoms. The van der Waals surface area contributed by atoms with Gasteiger partial charge in [-0.15, -0.1) is 0 Å². The maximum absolute atomic E-state index is 11.2. The number of phenolic OH excluding ortho intramolecular Hbond substituents is 1. The lowest BCUT2D eigenvalue weighted by Gasteiger charge is -2.11. The molecule has 0 fully saturated rings. The number of rotatable bonds is 2. The number of para-hydroxylation sites is 2. The molecule has 0 amide bonds. The smallest absolute Gasteiger partial charge is 0.175 e. The monoisotopic (exact) mass is 284 g/mol. The summed E-state index contributed by atoms with van der Waals surface area (Å²) >= 11 is 5.04. The first-order valence-electron chi connectivity index (χ1n) is 5.22. The van der Waals surface area contributed by atoms with Gasteiger partial charge in [0.2, 0.25) is 0 Å². The Kier molecular flexibility index (Phi) is 3.53. The first-order valence-corrected chi connectivity index (χ1v) is 7.45. The molecule has 0 bridgehead atoms. The first kappa shape index (κ1) is 12.8. The van der Waals surface area contributed by atoms with Crippen molar-refractivity contribution in [3.05, 3.63) is 36.0 Å². The number of phenols is 1. The number of hydrogen-bond acceptors (Lipinski definition) is 4. The van der Waals surface area contributed by atoms with Crippen molar-refractivity contribution in [2.24, 2.45) is 0 Å². The summed E-state index contributed by atoms with van der Waals surface area (Å²) < 4.78 is 22.5. The standard InChI is InChI=1S/C11H12N2O3S2/c14-10-4-2-1-3-9(10)13-11(17)12-8-5-6-18(15,16)7-8/h1-5,14H,6-7H2,(H2,12,13,17). The second kappa shape index (κ2) is 4.95. The molecule has 3 N–H and O–H groups in total. The van der Waals surface area contributed by atoms with Crippen LogP contribution in [0.3, 0.4) is 0 Å². The minimum atomic E-state index is -3.01. The molecule has 0 saturated heterocycles. The zero-order valence-corrected chi connectivity index (χ0v) is 11.0. The van der Waals surface area contributed by atoms with Gasteiger partial charge in [-0.2, -0.15) is 0 Å². The molecule has 0 unspecified atom stereocenters. The molecule has 96 valence electrons. The van der Waals surface area contributed by atoms with Crippen molar-refractivity contribution in [2.75, 3.05) is 16.8 Å². The van der Waals surface area contributed by atoms with E-state index in [9.17, 15) is 13.5 Å². The number of anilines is 1. The Hall–Kier alpha value is -1.60. The fraction of sp³-hybridized carbons (Fsp3) is 0.182. The van der Waals surface area contributed by atoms with Crippen LogP contribution in [0, 0.1) is 0 Å². The minimum Gasteiger partial charge on any atom is -0.506 e. The second-order valence-electron chi connectivity index (χ2n) is 3.88. The predicted octanol–water partition coefficient (Wildman–Crippen LogP) is 0.991. The average molecular weight is 284 g/mol. The van der Waals surface area contributed by atoms with E-state index in [1.807, 2.05) is 0 Å². The topological polar surface area (TPSA) is 78.4 Å². The van der Waals surface area contributed by atoms with Crippen molar-refractivity contribution in [3.63, 3.8) is 0 Å². The van der Waals surface area contributed by atoms with Gasteiger partial charge in [-0.25, -0.2) is 8.42 Å². The van der Waals surface area contributed by atoms with E-state index >= 15 is 0 Å². The van der Waals surface area contributed by atoms with Gasteiger partial charge in [0.05, 0.1) is 17.2 Å². The number of hydrogen-bond donors (Lipinski definition) is 3. The summed E-state index contributed by atoms with van der Waals surface area (Å²) in [6.07, 6.45) is 1.59. The maximum Gasteiger partial charge on any atom is 0.175 e. The summed E-state index contributed by atoms with van der Waals surface area (Å²) in [5, 5.41) is 15.4. The van der Waals surface area contributed by atoms with Gasteiger partial charge in [-0.05, 0) is 30.4 Å². The molecule has 1 aliphatic rings. The number of aromatic hydroxyl groups is 1. The number of thiocarbonyl (C=S) groups is 1. The molecule has 0 saturated carbocycles. The minimum absolute atomic E-state index is 0.0322. The van der Waals surface area contributed by atoms with Crippen molar-refractivity contribution in [3.8, 4) is 5.75 Å². The van der Waals surface area contributed by atoms with Crippen LogP contribution < -0.4 is 10.6 Å². The zero-order valence-electron chi connectivity index (χ0n) is 9.38. The molecule has 1 aromatic rings. The zero-order chi connectivity index (χ0) is 13.2. The second-order valence-corrected chi connectivity index (χ2v) is 6.40. The van der Waals surface area contributed by atoms with E-state index in [4.69, 9.17) is 12.2 Å². The van der Waals surface area contributed by atoms with Crippen LogP contribution in [0.5, 0.6) is 5.75 Å². The van der Waals surface area contributed by atoms with E-state index in [-0.39, 0.29) is 22.4 Å². The van der Waals surface area contributed by atoms with E-state index in [0.29, 0.717) is 11.4 Å². The van der Waals surface area contributed by atoms with E-state index in [1.165, 1.54) is 6.07 Å². The summed E-state index contributed by atoms with van der Waals surface area (Å²) in [6, 6.07) is 6.65. The van der Waals surface area contributed by atoms with Crippen LogP contribution in [-0.4, -0.2) is 30.1 Å². The van der Waals surface area contributed by atoms with Gasteiger partial charge >= 0.3 is 0 Å². The number of sulfone groups is 1. The SMILES string of the molecule is O=S1(=O)CC=C(NC(=S)Nc2ccccc2O)C1. The predicted molar refractivity (Wildman–Crippen MR) is 74.2 cm³/mol. The van der Waals surface area contributed by atoms with E-state index in [2.05, 4.69) is 10.6 Å². The van der Waals surface area contributed by atoms with Crippen molar-refractivity contribution < 1.29 is 13.5 Å². The van der Waals surface area contributed by atoms with Crippen LogP contribution in [0.15, 0.2) is 36.0 Å². The summed E-state index contributed by atoms with van der Waals surface area (Å²) in [4.78, 5) is 0. The van der Waals surface area contributed by atoms with E-state index in [1.54, 1.807) is 24.3 Å². The Morgan fingerprint density at radius 3 is 2.61 bits per heavy atom. The fourth-order valence-corrected chi connectivity index (χ4v) is 3.03. The highest BCUT2D eigenvalue weighted by Crippen LogP contribution is 2.21. The van der Waals surface area contributed by atoms with Gasteiger partial charge in [0.15, 0.2) is 14.9 Å². The summed E-state index contributed by atoms with van der Waals surface area (Å²) in [6.45, 7) is 0. The third kappa shape index (κ3) is 3.21. The molecule has 5 nitrogen and oxygen atoms in total. The van der Waals surface area contributed by atoms with Gasteiger partial charge in [-0.1, -0.05) is 12.1 Å². The van der Waals surface area contributed by atoms with Crippen molar-refractivity contribution in [1.82, 2.24) is 5.32 Å². The largest absolute Gasteiger partial charge is 0.506 e. The van der Waals surface area contributed by atoms with Crippen LogP contribution in [0.2, 0.25) is 0 Å². The molecule has 0 radical (unpaired) electrons. The highest BCUT2D eigenvalue weighted by molar-refractivity contribution is 7.92. The van der Waals surface area contributed by atoms with Gasteiger partial charge < -0.3 is 15.7 Å². The van der Waals surface area contributed by atoms with Crippen molar-refractivity contribution >= 4 is 32.9 Å². The molecule has 1 aromatic carbocycles. The lowest BCUT2D eigenvalue weighted by Crippen LogP contribution is -2.29. The fourth-order valence-electron chi connectivity index (χ4n) is 1.55. The van der Waals surface area contributed by atoms with Gasteiger partial charge in [0.25, 0.3) is 0 Å². The van der Waals surface area contributed by atoms with E-state index < -0.39 is 9.84 Å². The third-order valence-corrected chi connectivity index (χ3v) is 4.01. The Labute approximate surface area is 110 Å². The van der Waals surface area contributed by atoms with Crippen molar-refractivity contribution in [1.29, 1.82) is 0 Å². The maximum atomic E-state index is 11.2. The lowest BCUT2D eigenvalue weighted by atomic mass is 10.3. The quantitative estimate of drug-likeness (QED) is 0.555. The number of nitrogens with one attached hydrogen (secondary N) is 2. The van der Waals surface area contributed by atoms with Gasteiger partial charge in [0, 0.05) is 5.70 Å². The Balaban J connectivity index is 1.97.